The first-order chi connectivity index (χ1) is 6.31. The Morgan fingerprint density at radius 2 is 2.15 bits per heavy atom. The second-order valence-corrected chi connectivity index (χ2v) is 2.77. The van der Waals surface area contributed by atoms with Gasteiger partial charge in [-0.05, 0) is 17.7 Å². The van der Waals surface area contributed by atoms with Crippen LogP contribution in [0, 0.1) is 0 Å². The minimum absolute atomic E-state index is 0.231. The Kier molecular flexibility index (Phi) is 1.90. The number of carbonyl (C=O) groups excluding carboxylic acids is 1. The van der Waals surface area contributed by atoms with Crippen molar-refractivity contribution in [2.24, 2.45) is 5.73 Å². The summed E-state index contributed by atoms with van der Waals surface area (Å²) < 4.78 is 10.3. The maximum atomic E-state index is 10.4. The molecule has 1 aliphatic heterocycles. The molecule has 4 heteroatoms. The van der Waals surface area contributed by atoms with Crippen molar-refractivity contribution < 1.29 is 14.3 Å². The predicted octanol–water partition coefficient (Wildman–Crippen LogP) is 0.614. The fourth-order valence-electron chi connectivity index (χ4n) is 1.20. The molecule has 0 saturated carbocycles. The van der Waals surface area contributed by atoms with Crippen molar-refractivity contribution in [1.82, 2.24) is 0 Å². The van der Waals surface area contributed by atoms with Gasteiger partial charge in [-0.2, -0.15) is 0 Å². The molecule has 1 aliphatic rings. The molecule has 1 heterocycles. The SMILES string of the molecule is NC(C=O)c1ccc2c(c1)OCO2. The maximum absolute atomic E-state index is 10.4. The third-order valence-corrected chi connectivity index (χ3v) is 1.93. The summed E-state index contributed by atoms with van der Waals surface area (Å²) in [6.07, 6.45) is 0.692. The summed E-state index contributed by atoms with van der Waals surface area (Å²) in [7, 11) is 0. The number of hydrogen-bond acceptors (Lipinski definition) is 4. The zero-order valence-electron chi connectivity index (χ0n) is 6.90. The van der Waals surface area contributed by atoms with Crippen molar-refractivity contribution in [2.45, 2.75) is 6.04 Å². The standard InChI is InChI=1S/C9H9NO3/c10-7(4-11)6-1-2-8-9(3-6)13-5-12-8/h1-4,7H,5,10H2. The van der Waals surface area contributed by atoms with Crippen molar-refractivity contribution in [1.29, 1.82) is 0 Å². The summed E-state index contributed by atoms with van der Waals surface area (Å²) in [5.74, 6) is 1.34. The molecule has 1 unspecified atom stereocenters. The maximum Gasteiger partial charge on any atom is 0.231 e. The van der Waals surface area contributed by atoms with Crippen LogP contribution >= 0.6 is 0 Å². The summed E-state index contributed by atoms with van der Waals surface area (Å²) in [4.78, 5) is 10.4. The van der Waals surface area contributed by atoms with Crippen LogP contribution in [0.4, 0.5) is 0 Å². The van der Waals surface area contributed by atoms with Gasteiger partial charge < -0.3 is 20.0 Å². The number of ether oxygens (including phenoxy) is 2. The van der Waals surface area contributed by atoms with E-state index in [1.807, 2.05) is 0 Å². The van der Waals surface area contributed by atoms with Crippen LogP contribution in [-0.4, -0.2) is 13.1 Å². The second-order valence-electron chi connectivity index (χ2n) is 2.77. The Balaban J connectivity index is 2.35. The van der Waals surface area contributed by atoms with E-state index < -0.39 is 6.04 Å². The average Bonchev–Trinajstić information content (AvgIpc) is 2.63. The van der Waals surface area contributed by atoms with Crippen molar-refractivity contribution in [2.75, 3.05) is 6.79 Å². The zero-order valence-corrected chi connectivity index (χ0v) is 6.90. The molecule has 2 N–H and O–H groups in total. The van der Waals surface area contributed by atoms with E-state index >= 15 is 0 Å². The fraction of sp³-hybridized carbons (Fsp3) is 0.222. The van der Waals surface area contributed by atoms with Gasteiger partial charge in [-0.3, -0.25) is 0 Å². The minimum atomic E-state index is -0.588. The van der Waals surface area contributed by atoms with Gasteiger partial charge in [0.25, 0.3) is 0 Å². The number of fused-ring (bicyclic) bond motifs is 1. The third-order valence-electron chi connectivity index (χ3n) is 1.93. The lowest BCUT2D eigenvalue weighted by molar-refractivity contribution is -0.109. The number of rotatable bonds is 2. The minimum Gasteiger partial charge on any atom is -0.454 e. The van der Waals surface area contributed by atoms with Crippen molar-refractivity contribution in [3.8, 4) is 11.5 Å². The Morgan fingerprint density at radius 3 is 2.92 bits per heavy atom. The second kappa shape index (κ2) is 3.06. The molecule has 0 amide bonds. The predicted molar refractivity (Wildman–Crippen MR) is 45.6 cm³/mol. The topological polar surface area (TPSA) is 61.6 Å². The van der Waals surface area contributed by atoms with E-state index in [1.165, 1.54) is 0 Å². The smallest absolute Gasteiger partial charge is 0.231 e. The lowest BCUT2D eigenvalue weighted by atomic mass is 10.1. The molecule has 1 atom stereocenters. The summed E-state index contributed by atoms with van der Waals surface area (Å²) >= 11 is 0. The molecule has 1 aromatic rings. The van der Waals surface area contributed by atoms with E-state index in [2.05, 4.69) is 0 Å². The Morgan fingerprint density at radius 1 is 1.38 bits per heavy atom. The van der Waals surface area contributed by atoms with Gasteiger partial charge in [-0.15, -0.1) is 0 Å². The van der Waals surface area contributed by atoms with Crippen LogP contribution in [0.2, 0.25) is 0 Å². The van der Waals surface area contributed by atoms with E-state index in [1.54, 1.807) is 18.2 Å². The van der Waals surface area contributed by atoms with Gasteiger partial charge in [-0.25, -0.2) is 0 Å². The van der Waals surface area contributed by atoms with Crippen LogP contribution in [0.15, 0.2) is 18.2 Å². The molecule has 0 aromatic heterocycles. The first kappa shape index (κ1) is 8.07. The van der Waals surface area contributed by atoms with Crippen molar-refractivity contribution >= 4 is 6.29 Å². The van der Waals surface area contributed by atoms with Crippen LogP contribution in [0.5, 0.6) is 11.5 Å². The number of benzene rings is 1. The average molecular weight is 179 g/mol. The molecule has 0 aliphatic carbocycles. The van der Waals surface area contributed by atoms with E-state index in [0.29, 0.717) is 17.8 Å². The van der Waals surface area contributed by atoms with Gasteiger partial charge in [0.2, 0.25) is 6.79 Å². The normalized spacial score (nSPS) is 15.5. The van der Waals surface area contributed by atoms with E-state index in [-0.39, 0.29) is 6.79 Å². The van der Waals surface area contributed by atoms with Crippen LogP contribution < -0.4 is 15.2 Å². The van der Waals surface area contributed by atoms with Gasteiger partial charge in [0.15, 0.2) is 11.5 Å². The largest absolute Gasteiger partial charge is 0.454 e. The molecule has 0 fully saturated rings. The third kappa shape index (κ3) is 1.36. The van der Waals surface area contributed by atoms with Crippen LogP contribution in [-0.2, 0) is 4.79 Å². The molecule has 4 nitrogen and oxygen atoms in total. The number of nitrogens with two attached hydrogens (primary N) is 1. The monoisotopic (exact) mass is 179 g/mol. The molecule has 0 radical (unpaired) electrons. The highest BCUT2D eigenvalue weighted by Crippen LogP contribution is 2.33. The van der Waals surface area contributed by atoms with Gasteiger partial charge in [0, 0.05) is 0 Å². The molecule has 13 heavy (non-hydrogen) atoms. The molecule has 0 bridgehead atoms. The molecular weight excluding hydrogens is 170 g/mol. The van der Waals surface area contributed by atoms with Crippen LogP contribution in [0.1, 0.15) is 11.6 Å². The quantitative estimate of drug-likeness (QED) is 0.676. The summed E-state index contributed by atoms with van der Waals surface area (Å²) in [5, 5.41) is 0. The summed E-state index contributed by atoms with van der Waals surface area (Å²) in [6.45, 7) is 0.231. The fourth-order valence-corrected chi connectivity index (χ4v) is 1.20. The molecule has 0 spiro atoms. The molecule has 2 rings (SSSR count). The van der Waals surface area contributed by atoms with Gasteiger partial charge in [0.1, 0.15) is 6.29 Å². The highest BCUT2D eigenvalue weighted by molar-refractivity contribution is 5.62. The van der Waals surface area contributed by atoms with E-state index in [0.717, 1.165) is 5.56 Å². The first-order valence-electron chi connectivity index (χ1n) is 3.91. The highest BCUT2D eigenvalue weighted by atomic mass is 16.7. The first-order valence-corrected chi connectivity index (χ1v) is 3.91. The van der Waals surface area contributed by atoms with E-state index in [4.69, 9.17) is 15.2 Å². The van der Waals surface area contributed by atoms with Crippen LogP contribution in [0.25, 0.3) is 0 Å². The number of aldehydes is 1. The lowest BCUT2D eigenvalue weighted by Crippen LogP contribution is -2.10. The molecule has 1 aromatic carbocycles. The van der Waals surface area contributed by atoms with Gasteiger partial charge in [-0.1, -0.05) is 6.07 Å². The van der Waals surface area contributed by atoms with Gasteiger partial charge in [0.05, 0.1) is 6.04 Å². The zero-order chi connectivity index (χ0) is 9.26. The summed E-state index contributed by atoms with van der Waals surface area (Å²) in [6, 6.07) is 4.64. The van der Waals surface area contributed by atoms with E-state index in [9.17, 15) is 4.79 Å². The Labute approximate surface area is 75.2 Å². The summed E-state index contributed by atoms with van der Waals surface area (Å²) in [5.41, 5.74) is 6.26. The lowest BCUT2D eigenvalue weighted by Gasteiger charge is -2.04. The van der Waals surface area contributed by atoms with Crippen molar-refractivity contribution in [3.05, 3.63) is 23.8 Å². The molecular formula is C9H9NO3. The van der Waals surface area contributed by atoms with Gasteiger partial charge >= 0.3 is 0 Å². The molecule has 68 valence electrons. The number of carbonyl (C=O) groups is 1. The highest BCUT2D eigenvalue weighted by Gasteiger charge is 2.15. The van der Waals surface area contributed by atoms with Crippen molar-refractivity contribution in [3.63, 3.8) is 0 Å². The Bertz CT molecular complexity index is 338. The Hall–Kier alpha value is -1.55. The number of hydrogen-bond donors (Lipinski definition) is 1. The molecule has 0 saturated heterocycles. The van der Waals surface area contributed by atoms with Crippen LogP contribution in [0.3, 0.4) is 0 Å².